The van der Waals surface area contributed by atoms with Gasteiger partial charge < -0.3 is 15.0 Å². The Kier molecular flexibility index (Phi) is 3.32. The Hall–Kier alpha value is -2.72. The number of rotatable bonds is 2. The highest BCUT2D eigenvalue weighted by atomic mass is 19.1. The minimum atomic E-state index is -1.05. The number of hydrogen-bond donors (Lipinski definition) is 2. The lowest BCUT2D eigenvalue weighted by Crippen LogP contribution is -2.44. The Morgan fingerprint density at radius 2 is 2.30 bits per heavy atom. The first kappa shape index (κ1) is 13.9. The van der Waals surface area contributed by atoms with Crippen LogP contribution in [0.5, 0.6) is 5.75 Å². The third kappa shape index (κ3) is 2.37. The predicted octanol–water partition coefficient (Wildman–Crippen LogP) is 2.06. The fourth-order valence-electron chi connectivity index (χ4n) is 2.94. The van der Waals surface area contributed by atoms with E-state index in [1.165, 1.54) is 0 Å². The standard InChI is InChI=1S/C16H14FN5O/c17-11-7-19-3-1-13(11)23-14-2-4-20-16-15(14)10-5-9(6-18)21-8-12(10)22-16/h2,4-5,8,11,13,19H,1,3,7H2,(H,20,22)/t11-,13+/m1/s1. The van der Waals surface area contributed by atoms with Gasteiger partial charge in [0.2, 0.25) is 0 Å². The number of H-pyrrole nitrogens is 1. The number of aromatic nitrogens is 3. The van der Waals surface area contributed by atoms with Gasteiger partial charge in [0.05, 0.1) is 17.1 Å². The molecule has 0 spiro atoms. The molecule has 2 atom stereocenters. The summed E-state index contributed by atoms with van der Waals surface area (Å²) in [5.41, 5.74) is 1.72. The van der Waals surface area contributed by atoms with Crippen molar-refractivity contribution in [3.05, 3.63) is 30.2 Å². The normalized spacial score (nSPS) is 21.4. The van der Waals surface area contributed by atoms with Crippen molar-refractivity contribution in [2.24, 2.45) is 0 Å². The molecule has 0 saturated carbocycles. The molecular weight excluding hydrogens is 297 g/mol. The van der Waals surface area contributed by atoms with Gasteiger partial charge in [0.1, 0.15) is 35.4 Å². The van der Waals surface area contributed by atoms with Crippen molar-refractivity contribution < 1.29 is 9.13 Å². The largest absolute Gasteiger partial charge is 0.486 e. The number of fused-ring (bicyclic) bond motifs is 3. The van der Waals surface area contributed by atoms with Crippen molar-refractivity contribution in [1.82, 2.24) is 20.3 Å². The second kappa shape index (κ2) is 5.48. The van der Waals surface area contributed by atoms with E-state index in [1.807, 2.05) is 6.07 Å². The van der Waals surface area contributed by atoms with E-state index in [9.17, 15) is 4.39 Å². The molecule has 1 fully saturated rings. The number of nitrogens with one attached hydrogen (secondary N) is 2. The zero-order chi connectivity index (χ0) is 15.8. The molecule has 23 heavy (non-hydrogen) atoms. The fourth-order valence-corrected chi connectivity index (χ4v) is 2.94. The Labute approximate surface area is 131 Å². The monoisotopic (exact) mass is 311 g/mol. The van der Waals surface area contributed by atoms with E-state index in [4.69, 9.17) is 10.00 Å². The fraction of sp³-hybridized carbons (Fsp3) is 0.312. The number of nitrogens with zero attached hydrogens (tertiary/aromatic N) is 3. The third-order valence-corrected chi connectivity index (χ3v) is 4.08. The maximum absolute atomic E-state index is 14.0. The molecule has 0 amide bonds. The van der Waals surface area contributed by atoms with Crippen molar-refractivity contribution in [2.75, 3.05) is 13.1 Å². The highest BCUT2D eigenvalue weighted by molar-refractivity contribution is 6.09. The van der Waals surface area contributed by atoms with Gasteiger partial charge >= 0.3 is 0 Å². The molecule has 6 nitrogen and oxygen atoms in total. The Bertz CT molecular complexity index is 916. The van der Waals surface area contributed by atoms with Gasteiger partial charge in [0, 0.05) is 18.1 Å². The molecule has 2 N–H and O–H groups in total. The molecule has 1 aliphatic rings. The molecule has 4 rings (SSSR count). The van der Waals surface area contributed by atoms with E-state index in [0.717, 1.165) is 22.8 Å². The summed E-state index contributed by atoms with van der Waals surface area (Å²) in [4.78, 5) is 11.5. The summed E-state index contributed by atoms with van der Waals surface area (Å²) in [6.45, 7) is 1.03. The van der Waals surface area contributed by atoms with Gasteiger partial charge in [-0.1, -0.05) is 0 Å². The van der Waals surface area contributed by atoms with Crippen LogP contribution in [0.1, 0.15) is 12.1 Å². The molecule has 4 heterocycles. The van der Waals surface area contributed by atoms with Crippen molar-refractivity contribution in [3.63, 3.8) is 0 Å². The molecule has 0 radical (unpaired) electrons. The average molecular weight is 311 g/mol. The van der Waals surface area contributed by atoms with Gasteiger partial charge in [-0.05, 0) is 25.1 Å². The summed E-state index contributed by atoms with van der Waals surface area (Å²) in [6.07, 6.45) is 2.30. The van der Waals surface area contributed by atoms with Crippen LogP contribution in [-0.4, -0.2) is 40.3 Å². The minimum absolute atomic E-state index is 0.301. The highest BCUT2D eigenvalue weighted by Crippen LogP contribution is 2.33. The molecule has 0 bridgehead atoms. The molecule has 7 heteroatoms. The number of piperidine rings is 1. The second-order valence-corrected chi connectivity index (χ2v) is 5.55. The molecule has 1 aliphatic heterocycles. The smallest absolute Gasteiger partial charge is 0.149 e. The number of halogens is 1. The van der Waals surface area contributed by atoms with Crippen LogP contribution in [0.25, 0.3) is 21.9 Å². The van der Waals surface area contributed by atoms with Crippen molar-refractivity contribution in [2.45, 2.75) is 18.7 Å². The van der Waals surface area contributed by atoms with E-state index >= 15 is 0 Å². The van der Waals surface area contributed by atoms with Gasteiger partial charge in [-0.3, -0.25) is 0 Å². The number of nitriles is 1. The molecule has 3 aromatic rings. The summed E-state index contributed by atoms with van der Waals surface area (Å²) in [5, 5.41) is 13.6. The van der Waals surface area contributed by atoms with Crippen LogP contribution in [0.2, 0.25) is 0 Å². The van der Waals surface area contributed by atoms with Crippen molar-refractivity contribution >= 4 is 21.9 Å². The maximum Gasteiger partial charge on any atom is 0.149 e. The molecule has 116 valence electrons. The summed E-state index contributed by atoms with van der Waals surface area (Å²) in [6, 6.07) is 5.45. The summed E-state index contributed by atoms with van der Waals surface area (Å²) >= 11 is 0. The topological polar surface area (TPSA) is 86.6 Å². The highest BCUT2D eigenvalue weighted by Gasteiger charge is 2.27. The number of alkyl halides is 1. The van der Waals surface area contributed by atoms with Crippen LogP contribution in [0.15, 0.2) is 24.5 Å². The lowest BCUT2D eigenvalue weighted by molar-refractivity contribution is 0.0744. The number of hydrogen-bond acceptors (Lipinski definition) is 5. The van der Waals surface area contributed by atoms with Crippen molar-refractivity contribution in [3.8, 4) is 11.8 Å². The van der Waals surface area contributed by atoms with E-state index in [0.29, 0.717) is 30.1 Å². The molecule has 3 aromatic heterocycles. The maximum atomic E-state index is 14.0. The van der Waals surface area contributed by atoms with Crippen molar-refractivity contribution in [1.29, 1.82) is 5.26 Å². The first-order valence-corrected chi connectivity index (χ1v) is 7.44. The van der Waals surface area contributed by atoms with Gasteiger partial charge in [-0.25, -0.2) is 14.4 Å². The first-order chi connectivity index (χ1) is 11.3. The van der Waals surface area contributed by atoms with E-state index in [2.05, 4.69) is 20.3 Å². The van der Waals surface area contributed by atoms with Crippen LogP contribution in [-0.2, 0) is 0 Å². The zero-order valence-electron chi connectivity index (χ0n) is 12.2. The number of pyridine rings is 2. The summed E-state index contributed by atoms with van der Waals surface area (Å²) in [7, 11) is 0. The first-order valence-electron chi connectivity index (χ1n) is 7.44. The molecular formula is C16H14FN5O. The lowest BCUT2D eigenvalue weighted by atomic mass is 10.1. The van der Waals surface area contributed by atoms with Crippen LogP contribution >= 0.6 is 0 Å². The number of ether oxygens (including phenoxy) is 1. The van der Waals surface area contributed by atoms with E-state index < -0.39 is 12.3 Å². The zero-order valence-corrected chi connectivity index (χ0v) is 12.2. The quantitative estimate of drug-likeness (QED) is 0.756. The minimum Gasteiger partial charge on any atom is -0.486 e. The molecule has 0 aliphatic carbocycles. The third-order valence-electron chi connectivity index (χ3n) is 4.08. The molecule has 0 unspecified atom stereocenters. The van der Waals surface area contributed by atoms with Crippen LogP contribution < -0.4 is 10.1 Å². The Morgan fingerprint density at radius 3 is 3.13 bits per heavy atom. The predicted molar refractivity (Wildman–Crippen MR) is 82.9 cm³/mol. The summed E-state index contributed by atoms with van der Waals surface area (Å²) in [5.74, 6) is 0.575. The van der Waals surface area contributed by atoms with Crippen LogP contribution in [0, 0.1) is 11.3 Å². The molecule has 0 aromatic carbocycles. The second-order valence-electron chi connectivity index (χ2n) is 5.55. The van der Waals surface area contributed by atoms with Crippen LogP contribution in [0.3, 0.4) is 0 Å². The van der Waals surface area contributed by atoms with Crippen LogP contribution in [0.4, 0.5) is 4.39 Å². The van der Waals surface area contributed by atoms with E-state index in [1.54, 1.807) is 24.5 Å². The molecule has 1 saturated heterocycles. The summed E-state index contributed by atoms with van der Waals surface area (Å²) < 4.78 is 20.0. The van der Waals surface area contributed by atoms with Gasteiger partial charge in [-0.15, -0.1) is 0 Å². The SMILES string of the molecule is N#Cc1cc2c(cn1)[nH]c1nccc(O[C@H]3CCNC[C@H]3F)c12. The average Bonchev–Trinajstić information content (AvgIpc) is 2.95. The van der Waals surface area contributed by atoms with Gasteiger partial charge in [0.25, 0.3) is 0 Å². The van der Waals surface area contributed by atoms with E-state index in [-0.39, 0.29) is 0 Å². The lowest BCUT2D eigenvalue weighted by Gasteiger charge is -2.27. The number of aromatic amines is 1. The van der Waals surface area contributed by atoms with Gasteiger partial charge in [-0.2, -0.15) is 5.26 Å². The van der Waals surface area contributed by atoms with Gasteiger partial charge in [0.15, 0.2) is 0 Å². The Morgan fingerprint density at radius 1 is 1.39 bits per heavy atom. The Balaban J connectivity index is 1.84.